The van der Waals surface area contributed by atoms with Gasteiger partial charge in [-0.1, -0.05) is 59.6 Å². The van der Waals surface area contributed by atoms with E-state index in [1.165, 1.54) is 0 Å². The lowest BCUT2D eigenvalue weighted by Crippen LogP contribution is -2.23. The topological polar surface area (TPSA) is 51.2 Å². The molecule has 1 aromatic heterocycles. The number of halogens is 2. The summed E-state index contributed by atoms with van der Waals surface area (Å²) in [6.45, 7) is 0.427. The summed E-state index contributed by atoms with van der Waals surface area (Å²) in [5.74, 6) is 0.455. The summed E-state index contributed by atoms with van der Waals surface area (Å²) in [5.41, 5.74) is 1.28. The van der Waals surface area contributed by atoms with Crippen molar-refractivity contribution < 1.29 is 9.53 Å². The van der Waals surface area contributed by atoms with Crippen LogP contribution in [0.4, 0.5) is 0 Å². The molecule has 0 bridgehead atoms. The van der Waals surface area contributed by atoms with Crippen molar-refractivity contribution >= 4 is 29.1 Å². The molecule has 1 amide bonds. The third-order valence-corrected chi connectivity index (χ3v) is 3.75. The Hall–Kier alpha value is -2.56. The molecule has 0 saturated carbocycles. The second-order valence-electron chi connectivity index (χ2n) is 5.24. The molecule has 0 radical (unpaired) electrons. The van der Waals surface area contributed by atoms with Crippen molar-refractivity contribution in [3.8, 4) is 11.6 Å². The molecule has 0 aliphatic heterocycles. The molecule has 1 N–H and O–H groups in total. The quantitative estimate of drug-likeness (QED) is 0.676. The highest BCUT2D eigenvalue weighted by molar-refractivity contribution is 6.34. The Bertz CT molecular complexity index is 865. The first kappa shape index (κ1) is 17.3. The Kier molecular flexibility index (Phi) is 5.53. The van der Waals surface area contributed by atoms with E-state index in [4.69, 9.17) is 27.9 Å². The number of pyridine rings is 1. The fraction of sp³-hybridized carbons (Fsp3) is 0.0526. The van der Waals surface area contributed by atoms with Crippen LogP contribution in [0.5, 0.6) is 11.6 Å². The van der Waals surface area contributed by atoms with E-state index in [-0.39, 0.29) is 17.5 Å². The number of amides is 1. The number of ether oxygens (including phenoxy) is 1. The van der Waals surface area contributed by atoms with Crippen LogP contribution in [0.1, 0.15) is 16.1 Å². The van der Waals surface area contributed by atoms with E-state index in [9.17, 15) is 4.79 Å². The second kappa shape index (κ2) is 8.01. The number of carbonyl (C=O) groups is 1. The molecule has 3 aromatic rings. The first-order chi connectivity index (χ1) is 12.1. The third-order valence-electron chi connectivity index (χ3n) is 3.31. The largest absolute Gasteiger partial charge is 0.439 e. The number of hydrogen-bond donors (Lipinski definition) is 1. The zero-order valence-electron chi connectivity index (χ0n) is 13.1. The minimum absolute atomic E-state index is 0.265. The molecule has 0 atom stereocenters. The Labute approximate surface area is 155 Å². The van der Waals surface area contributed by atoms with Crippen molar-refractivity contribution in [2.75, 3.05) is 0 Å². The molecule has 3 rings (SSSR count). The van der Waals surface area contributed by atoms with Gasteiger partial charge in [0, 0.05) is 22.7 Å². The lowest BCUT2D eigenvalue weighted by molar-refractivity contribution is 0.0945. The molecule has 6 heteroatoms. The van der Waals surface area contributed by atoms with Gasteiger partial charge in [-0.25, -0.2) is 4.98 Å². The highest BCUT2D eigenvalue weighted by atomic mass is 35.5. The average molecular weight is 373 g/mol. The van der Waals surface area contributed by atoms with Gasteiger partial charge in [0.1, 0.15) is 11.4 Å². The van der Waals surface area contributed by atoms with Gasteiger partial charge in [0.15, 0.2) is 0 Å². The standard InChI is InChI=1S/C19H14Cl2N2O2/c20-14-9-15(21)11-16(10-14)25-18-8-4-7-17(23-18)19(24)22-12-13-5-2-1-3-6-13/h1-11H,12H2,(H,22,24). The van der Waals surface area contributed by atoms with Gasteiger partial charge in [-0.15, -0.1) is 0 Å². The summed E-state index contributed by atoms with van der Waals surface area (Å²) >= 11 is 11.9. The maximum atomic E-state index is 12.3. The van der Waals surface area contributed by atoms with E-state index in [0.717, 1.165) is 5.56 Å². The molecule has 0 aliphatic carbocycles. The van der Waals surface area contributed by atoms with Gasteiger partial charge in [-0.05, 0) is 29.8 Å². The molecule has 1 heterocycles. The number of rotatable bonds is 5. The van der Waals surface area contributed by atoms with Crippen LogP contribution in [0.15, 0.2) is 66.7 Å². The second-order valence-corrected chi connectivity index (χ2v) is 6.11. The van der Waals surface area contributed by atoms with Crippen molar-refractivity contribution in [1.82, 2.24) is 10.3 Å². The Morgan fingerprint density at radius 1 is 0.960 bits per heavy atom. The molecule has 126 valence electrons. The number of benzene rings is 2. The SMILES string of the molecule is O=C(NCc1ccccc1)c1cccc(Oc2cc(Cl)cc(Cl)c2)n1. The summed E-state index contributed by atoms with van der Waals surface area (Å²) in [4.78, 5) is 16.5. The lowest BCUT2D eigenvalue weighted by atomic mass is 10.2. The van der Waals surface area contributed by atoms with E-state index in [2.05, 4.69) is 10.3 Å². The van der Waals surface area contributed by atoms with Crippen LogP contribution in [0.3, 0.4) is 0 Å². The summed E-state index contributed by atoms with van der Waals surface area (Å²) < 4.78 is 5.63. The van der Waals surface area contributed by atoms with Crippen molar-refractivity contribution in [2.24, 2.45) is 0 Å². The van der Waals surface area contributed by atoms with Crippen molar-refractivity contribution in [2.45, 2.75) is 6.54 Å². The van der Waals surface area contributed by atoms with E-state index in [1.54, 1.807) is 36.4 Å². The fourth-order valence-corrected chi connectivity index (χ4v) is 2.68. The fourth-order valence-electron chi connectivity index (χ4n) is 2.18. The summed E-state index contributed by atoms with van der Waals surface area (Å²) in [6.07, 6.45) is 0. The van der Waals surface area contributed by atoms with Gasteiger partial charge < -0.3 is 10.1 Å². The van der Waals surface area contributed by atoms with Crippen LogP contribution < -0.4 is 10.1 Å². The first-order valence-corrected chi connectivity index (χ1v) is 8.29. The van der Waals surface area contributed by atoms with Crippen LogP contribution in [-0.2, 0) is 6.54 Å². The molecular weight excluding hydrogens is 359 g/mol. The van der Waals surface area contributed by atoms with Gasteiger partial charge in [0.25, 0.3) is 5.91 Å². The number of hydrogen-bond acceptors (Lipinski definition) is 3. The van der Waals surface area contributed by atoms with Crippen LogP contribution in [0, 0.1) is 0 Å². The highest BCUT2D eigenvalue weighted by Gasteiger charge is 2.09. The molecule has 2 aromatic carbocycles. The number of carbonyl (C=O) groups excluding carboxylic acids is 1. The molecular formula is C19H14Cl2N2O2. The molecule has 0 spiro atoms. The average Bonchev–Trinajstić information content (AvgIpc) is 2.60. The van der Waals surface area contributed by atoms with E-state index in [0.29, 0.717) is 22.3 Å². The Balaban J connectivity index is 1.69. The summed E-state index contributed by atoms with van der Waals surface area (Å²) in [6, 6.07) is 19.5. The Morgan fingerprint density at radius 3 is 2.40 bits per heavy atom. The zero-order chi connectivity index (χ0) is 17.6. The molecule has 0 aliphatic rings. The Morgan fingerprint density at radius 2 is 1.68 bits per heavy atom. The van der Waals surface area contributed by atoms with Crippen LogP contribution >= 0.6 is 23.2 Å². The van der Waals surface area contributed by atoms with Gasteiger partial charge >= 0.3 is 0 Å². The van der Waals surface area contributed by atoms with Gasteiger partial charge in [-0.2, -0.15) is 0 Å². The first-order valence-electron chi connectivity index (χ1n) is 7.53. The number of aromatic nitrogens is 1. The minimum Gasteiger partial charge on any atom is -0.439 e. The third kappa shape index (κ3) is 4.95. The molecule has 0 saturated heterocycles. The normalized spacial score (nSPS) is 10.3. The zero-order valence-corrected chi connectivity index (χ0v) is 14.6. The smallest absolute Gasteiger partial charge is 0.270 e. The van der Waals surface area contributed by atoms with Crippen LogP contribution in [0.25, 0.3) is 0 Å². The van der Waals surface area contributed by atoms with Crippen molar-refractivity contribution in [3.05, 3.63) is 88.0 Å². The maximum Gasteiger partial charge on any atom is 0.270 e. The highest BCUT2D eigenvalue weighted by Crippen LogP contribution is 2.27. The predicted molar refractivity (Wildman–Crippen MR) is 98.4 cm³/mol. The van der Waals surface area contributed by atoms with Gasteiger partial charge in [0.05, 0.1) is 0 Å². The number of nitrogens with zero attached hydrogens (tertiary/aromatic N) is 1. The van der Waals surface area contributed by atoms with Crippen LogP contribution in [0.2, 0.25) is 10.0 Å². The maximum absolute atomic E-state index is 12.3. The lowest BCUT2D eigenvalue weighted by Gasteiger charge is -2.08. The predicted octanol–water partition coefficient (Wildman–Crippen LogP) is 5.11. The van der Waals surface area contributed by atoms with Crippen molar-refractivity contribution in [1.29, 1.82) is 0 Å². The summed E-state index contributed by atoms with van der Waals surface area (Å²) in [7, 11) is 0. The van der Waals surface area contributed by atoms with E-state index in [1.807, 2.05) is 30.3 Å². The van der Waals surface area contributed by atoms with Gasteiger partial charge in [0.2, 0.25) is 5.88 Å². The summed E-state index contributed by atoms with van der Waals surface area (Å²) in [5, 5.41) is 3.74. The van der Waals surface area contributed by atoms with Crippen molar-refractivity contribution in [3.63, 3.8) is 0 Å². The minimum atomic E-state index is -0.279. The molecule has 25 heavy (non-hydrogen) atoms. The van der Waals surface area contributed by atoms with E-state index < -0.39 is 0 Å². The van der Waals surface area contributed by atoms with Gasteiger partial charge in [-0.3, -0.25) is 4.79 Å². The molecule has 0 unspecified atom stereocenters. The monoisotopic (exact) mass is 372 g/mol. The number of nitrogens with one attached hydrogen (secondary N) is 1. The molecule has 0 fully saturated rings. The molecule has 4 nitrogen and oxygen atoms in total. The van der Waals surface area contributed by atoms with E-state index >= 15 is 0 Å². The van der Waals surface area contributed by atoms with Crippen LogP contribution in [-0.4, -0.2) is 10.9 Å².